The van der Waals surface area contributed by atoms with Crippen LogP contribution in [0.5, 0.6) is 0 Å². The van der Waals surface area contributed by atoms with E-state index in [2.05, 4.69) is 81.5 Å². The van der Waals surface area contributed by atoms with E-state index in [4.69, 9.17) is 14.2 Å². The second-order valence-electron chi connectivity index (χ2n) is 24.5. The molecule has 6 heteroatoms. The molecule has 0 bridgehead atoms. The van der Waals surface area contributed by atoms with Crippen LogP contribution in [-0.4, -0.2) is 37.2 Å². The Labute approximate surface area is 510 Å². The molecular formula is C76H138O6. The molecule has 478 valence electrons. The van der Waals surface area contributed by atoms with Crippen LogP contribution in [0.15, 0.2) is 60.8 Å². The first kappa shape index (κ1) is 79.1. The number of ether oxygens (including phenoxy) is 3. The van der Waals surface area contributed by atoms with E-state index < -0.39 is 6.10 Å². The molecule has 0 aromatic rings. The van der Waals surface area contributed by atoms with Gasteiger partial charge in [0.25, 0.3) is 0 Å². The fraction of sp³-hybridized carbons (Fsp3) is 0.829. The minimum absolute atomic E-state index is 0.0694. The predicted octanol–water partition coefficient (Wildman–Crippen LogP) is 25.1. The maximum Gasteiger partial charge on any atom is 0.306 e. The number of rotatable bonds is 67. The average molecular weight is 1150 g/mol. The first-order valence-electron chi connectivity index (χ1n) is 36.3. The van der Waals surface area contributed by atoms with Crippen molar-refractivity contribution in [1.82, 2.24) is 0 Å². The Morgan fingerprint density at radius 3 is 0.756 bits per heavy atom. The lowest BCUT2D eigenvalue weighted by atomic mass is 10.0. The molecule has 0 aliphatic rings. The van der Waals surface area contributed by atoms with Crippen molar-refractivity contribution in [3.8, 4) is 0 Å². The van der Waals surface area contributed by atoms with Crippen LogP contribution in [0.1, 0.15) is 387 Å². The quantitative estimate of drug-likeness (QED) is 0.0261. The number of unbranched alkanes of at least 4 members (excludes halogenated alkanes) is 46. The third kappa shape index (κ3) is 67.9. The summed E-state index contributed by atoms with van der Waals surface area (Å²) >= 11 is 0. The van der Waals surface area contributed by atoms with Gasteiger partial charge in [0.05, 0.1) is 0 Å². The molecular weight excluding hydrogens is 1010 g/mol. The zero-order valence-corrected chi connectivity index (χ0v) is 55.0. The van der Waals surface area contributed by atoms with E-state index in [1.54, 1.807) is 0 Å². The first-order chi connectivity index (χ1) is 40.5. The van der Waals surface area contributed by atoms with Gasteiger partial charge in [-0.2, -0.15) is 0 Å². The molecule has 0 amide bonds. The lowest BCUT2D eigenvalue weighted by Gasteiger charge is -2.18. The maximum atomic E-state index is 13.0. The summed E-state index contributed by atoms with van der Waals surface area (Å²) < 4.78 is 17.0. The van der Waals surface area contributed by atoms with E-state index in [1.165, 1.54) is 263 Å². The van der Waals surface area contributed by atoms with Crippen LogP contribution in [0.3, 0.4) is 0 Å². The van der Waals surface area contributed by atoms with E-state index in [9.17, 15) is 14.4 Å². The molecule has 0 heterocycles. The predicted molar refractivity (Wildman–Crippen MR) is 358 cm³/mol. The number of carbonyl (C=O) groups excluding carboxylic acids is 3. The summed E-state index contributed by atoms with van der Waals surface area (Å²) in [6.07, 6.45) is 91.0. The Bertz CT molecular complexity index is 1460. The number of esters is 3. The molecule has 0 spiro atoms. The van der Waals surface area contributed by atoms with Crippen molar-refractivity contribution in [2.75, 3.05) is 13.2 Å². The van der Waals surface area contributed by atoms with Crippen molar-refractivity contribution in [3.63, 3.8) is 0 Å². The Balaban J connectivity index is 4.28. The summed E-state index contributed by atoms with van der Waals surface area (Å²) in [4.78, 5) is 38.5. The van der Waals surface area contributed by atoms with Gasteiger partial charge in [-0.1, -0.05) is 345 Å². The van der Waals surface area contributed by atoms with Gasteiger partial charge in [0.1, 0.15) is 13.2 Å². The summed E-state index contributed by atoms with van der Waals surface area (Å²) in [6.45, 7) is 6.60. The van der Waals surface area contributed by atoms with Crippen molar-refractivity contribution in [3.05, 3.63) is 60.8 Å². The summed E-state index contributed by atoms with van der Waals surface area (Å²) in [6, 6.07) is 0. The molecule has 0 saturated heterocycles. The Morgan fingerprint density at radius 2 is 0.476 bits per heavy atom. The molecule has 0 radical (unpaired) electrons. The highest BCUT2D eigenvalue weighted by molar-refractivity contribution is 5.71. The number of hydrogen-bond donors (Lipinski definition) is 0. The van der Waals surface area contributed by atoms with Crippen LogP contribution in [0.2, 0.25) is 0 Å². The summed E-state index contributed by atoms with van der Waals surface area (Å²) in [5.74, 6) is -0.844. The monoisotopic (exact) mass is 1150 g/mol. The third-order valence-electron chi connectivity index (χ3n) is 16.3. The lowest BCUT2D eigenvalue weighted by molar-refractivity contribution is -0.167. The topological polar surface area (TPSA) is 78.9 Å². The van der Waals surface area contributed by atoms with E-state index in [0.717, 1.165) is 83.5 Å². The van der Waals surface area contributed by atoms with Crippen LogP contribution in [-0.2, 0) is 28.6 Å². The van der Waals surface area contributed by atoms with Gasteiger partial charge in [0.2, 0.25) is 0 Å². The van der Waals surface area contributed by atoms with Crippen molar-refractivity contribution in [2.45, 2.75) is 393 Å². The smallest absolute Gasteiger partial charge is 0.306 e. The zero-order valence-electron chi connectivity index (χ0n) is 55.0. The van der Waals surface area contributed by atoms with Gasteiger partial charge < -0.3 is 14.2 Å². The zero-order chi connectivity index (χ0) is 59.2. The van der Waals surface area contributed by atoms with E-state index in [0.29, 0.717) is 19.3 Å². The Morgan fingerprint density at radius 1 is 0.256 bits per heavy atom. The minimum atomic E-state index is -0.774. The van der Waals surface area contributed by atoms with Gasteiger partial charge in [0.15, 0.2) is 6.10 Å². The highest BCUT2D eigenvalue weighted by atomic mass is 16.6. The molecule has 6 nitrogen and oxygen atoms in total. The first-order valence-corrected chi connectivity index (χ1v) is 36.3. The second kappa shape index (κ2) is 70.6. The van der Waals surface area contributed by atoms with Gasteiger partial charge in [-0.15, -0.1) is 0 Å². The molecule has 0 aliphatic carbocycles. The van der Waals surface area contributed by atoms with Crippen molar-refractivity contribution in [2.24, 2.45) is 0 Å². The standard InChI is InChI=1S/C76H138O6/c1-4-7-10-13-16-19-22-25-28-31-33-35-36-37-38-39-40-42-43-45-48-51-54-57-60-63-66-69-75(78)81-72-73(71-80-74(77)68-65-62-59-56-53-50-47-30-27-24-21-18-15-12-9-6-3)82-76(79)70-67-64-61-58-55-52-49-46-44-41-34-32-29-26-23-20-17-14-11-8-5-2/h7,10,16,19,25,28,32-35,73H,4-6,8-9,11-15,17-18,20-24,26-27,29-31,36-72H2,1-3H3/b10-7-,19-16-,28-25-,34-32-,35-33-. The molecule has 1 atom stereocenters. The molecule has 0 aliphatic heterocycles. The molecule has 82 heavy (non-hydrogen) atoms. The molecule has 0 N–H and O–H groups in total. The third-order valence-corrected chi connectivity index (χ3v) is 16.3. The number of allylic oxidation sites excluding steroid dienone is 10. The van der Waals surface area contributed by atoms with Crippen LogP contribution in [0, 0.1) is 0 Å². The number of carbonyl (C=O) groups is 3. The molecule has 0 aromatic heterocycles. The Hall–Kier alpha value is -2.89. The van der Waals surface area contributed by atoms with Crippen LogP contribution >= 0.6 is 0 Å². The molecule has 0 aromatic carbocycles. The van der Waals surface area contributed by atoms with Gasteiger partial charge in [-0.3, -0.25) is 14.4 Å². The van der Waals surface area contributed by atoms with E-state index in [-0.39, 0.29) is 31.1 Å². The SMILES string of the molecule is CC/C=C\C/C=C\C/C=C\C/C=C\CCCCCCCCCCCCCCCCC(=O)OCC(COC(=O)CCCCCCCCCCCCCCCCCC)OC(=O)CCCCCCCCCCC/C=C\CCCCCCCCCC. The highest BCUT2D eigenvalue weighted by Gasteiger charge is 2.19. The number of hydrogen-bond acceptors (Lipinski definition) is 6. The summed E-state index contributed by atoms with van der Waals surface area (Å²) in [5, 5.41) is 0. The van der Waals surface area contributed by atoms with Crippen molar-refractivity contribution >= 4 is 17.9 Å². The molecule has 0 fully saturated rings. The van der Waals surface area contributed by atoms with Crippen LogP contribution in [0.25, 0.3) is 0 Å². The second-order valence-corrected chi connectivity index (χ2v) is 24.5. The van der Waals surface area contributed by atoms with Gasteiger partial charge >= 0.3 is 17.9 Å². The van der Waals surface area contributed by atoms with Gasteiger partial charge in [0, 0.05) is 19.3 Å². The fourth-order valence-corrected chi connectivity index (χ4v) is 10.8. The van der Waals surface area contributed by atoms with Crippen molar-refractivity contribution < 1.29 is 28.6 Å². The Kier molecular flexibility index (Phi) is 68.1. The molecule has 1 unspecified atom stereocenters. The summed E-state index contributed by atoms with van der Waals surface area (Å²) in [5.41, 5.74) is 0. The largest absolute Gasteiger partial charge is 0.462 e. The maximum absolute atomic E-state index is 13.0. The molecule has 0 rings (SSSR count). The van der Waals surface area contributed by atoms with E-state index >= 15 is 0 Å². The van der Waals surface area contributed by atoms with Crippen LogP contribution in [0.4, 0.5) is 0 Å². The normalized spacial score (nSPS) is 12.4. The van der Waals surface area contributed by atoms with Crippen molar-refractivity contribution in [1.29, 1.82) is 0 Å². The molecule has 0 saturated carbocycles. The van der Waals surface area contributed by atoms with E-state index in [1.807, 2.05) is 0 Å². The lowest BCUT2D eigenvalue weighted by Crippen LogP contribution is -2.30. The average Bonchev–Trinajstić information content (AvgIpc) is 3.47. The van der Waals surface area contributed by atoms with Gasteiger partial charge in [-0.25, -0.2) is 0 Å². The van der Waals surface area contributed by atoms with Gasteiger partial charge in [-0.05, 0) is 83.5 Å². The summed E-state index contributed by atoms with van der Waals surface area (Å²) in [7, 11) is 0. The van der Waals surface area contributed by atoms with Crippen LogP contribution < -0.4 is 0 Å². The fourth-order valence-electron chi connectivity index (χ4n) is 10.8. The highest BCUT2D eigenvalue weighted by Crippen LogP contribution is 2.18. The minimum Gasteiger partial charge on any atom is -0.462 e.